The Morgan fingerprint density at radius 1 is 1.54 bits per heavy atom. The Balaban J connectivity index is 3.41. The van der Waals surface area contributed by atoms with Crippen molar-refractivity contribution in [2.75, 3.05) is 0 Å². The minimum atomic E-state index is -0.726. The number of nitro groups is 1. The van der Waals surface area contributed by atoms with Crippen molar-refractivity contribution < 1.29 is 14.8 Å². The first-order chi connectivity index (χ1) is 6.06. The van der Waals surface area contributed by atoms with Gasteiger partial charge in [0.25, 0.3) is 5.69 Å². The summed E-state index contributed by atoms with van der Waals surface area (Å²) in [5.74, 6) is -0.266. The first kappa shape index (κ1) is 9.66. The van der Waals surface area contributed by atoms with Gasteiger partial charge in [0.05, 0.1) is 21.0 Å². The molecular formula is C7H4BrNO4. The highest BCUT2D eigenvalue weighted by Gasteiger charge is 2.16. The van der Waals surface area contributed by atoms with Crippen molar-refractivity contribution in [3.63, 3.8) is 0 Å². The first-order valence-corrected chi connectivity index (χ1v) is 3.97. The van der Waals surface area contributed by atoms with E-state index in [-0.39, 0.29) is 15.8 Å². The van der Waals surface area contributed by atoms with Crippen LogP contribution in [0, 0.1) is 10.1 Å². The second-order valence-corrected chi connectivity index (χ2v) is 3.09. The highest BCUT2D eigenvalue weighted by atomic mass is 79.9. The number of phenolic OH excluding ortho intramolecular Hbond substituents is 1. The third kappa shape index (κ3) is 1.83. The van der Waals surface area contributed by atoms with E-state index < -0.39 is 10.6 Å². The van der Waals surface area contributed by atoms with Crippen LogP contribution in [0.15, 0.2) is 16.6 Å². The topological polar surface area (TPSA) is 80.4 Å². The Hall–Kier alpha value is -1.43. The Morgan fingerprint density at radius 2 is 2.15 bits per heavy atom. The summed E-state index contributed by atoms with van der Waals surface area (Å²) in [7, 11) is 0. The van der Waals surface area contributed by atoms with Gasteiger partial charge in [-0.3, -0.25) is 14.9 Å². The molecular weight excluding hydrogens is 242 g/mol. The molecule has 0 spiro atoms. The standard InChI is InChI=1S/C7H4BrNO4/c8-5-1-4(3-10)6(9(12)13)2-7(5)11/h1-3,11H. The number of rotatable bonds is 2. The molecule has 0 fully saturated rings. The SMILES string of the molecule is O=Cc1cc(Br)c(O)cc1[N+](=O)[O-]. The molecule has 0 aliphatic carbocycles. The maximum atomic E-state index is 10.4. The average Bonchev–Trinajstić information content (AvgIpc) is 2.08. The van der Waals surface area contributed by atoms with E-state index >= 15 is 0 Å². The lowest BCUT2D eigenvalue weighted by molar-refractivity contribution is -0.385. The predicted molar refractivity (Wildman–Crippen MR) is 47.8 cm³/mol. The van der Waals surface area contributed by atoms with Gasteiger partial charge in [-0.05, 0) is 22.0 Å². The van der Waals surface area contributed by atoms with E-state index in [4.69, 9.17) is 5.11 Å². The largest absolute Gasteiger partial charge is 0.507 e. The van der Waals surface area contributed by atoms with Gasteiger partial charge in [0, 0.05) is 0 Å². The second kappa shape index (κ2) is 3.53. The summed E-state index contributed by atoms with van der Waals surface area (Å²) in [5, 5.41) is 19.5. The summed E-state index contributed by atoms with van der Waals surface area (Å²) in [6.07, 6.45) is 0.363. The summed E-state index contributed by atoms with van der Waals surface area (Å²) < 4.78 is 0.250. The maximum absolute atomic E-state index is 10.4. The first-order valence-electron chi connectivity index (χ1n) is 3.18. The van der Waals surface area contributed by atoms with Crippen LogP contribution in [0.25, 0.3) is 0 Å². The molecule has 0 saturated heterocycles. The zero-order chi connectivity index (χ0) is 10.0. The fourth-order valence-corrected chi connectivity index (χ4v) is 1.18. The van der Waals surface area contributed by atoms with Crippen LogP contribution in [0.4, 0.5) is 5.69 Å². The number of phenols is 1. The van der Waals surface area contributed by atoms with Crippen LogP contribution in [0.3, 0.4) is 0 Å². The van der Waals surface area contributed by atoms with Gasteiger partial charge in [0.2, 0.25) is 0 Å². The zero-order valence-electron chi connectivity index (χ0n) is 6.23. The Bertz CT molecular complexity index is 377. The number of hydrogen-bond donors (Lipinski definition) is 1. The Kier molecular flexibility index (Phi) is 2.62. The number of nitro benzene ring substituents is 1. The summed E-state index contributed by atoms with van der Waals surface area (Å²) in [5.41, 5.74) is -0.481. The van der Waals surface area contributed by atoms with Gasteiger partial charge in [0.1, 0.15) is 5.75 Å². The molecule has 0 amide bonds. The molecule has 1 N–H and O–H groups in total. The molecule has 0 aliphatic heterocycles. The highest BCUT2D eigenvalue weighted by molar-refractivity contribution is 9.10. The fourth-order valence-electron chi connectivity index (χ4n) is 0.819. The Labute approximate surface area is 81.3 Å². The van der Waals surface area contributed by atoms with Gasteiger partial charge in [0.15, 0.2) is 6.29 Å². The highest BCUT2D eigenvalue weighted by Crippen LogP contribution is 2.30. The number of carbonyl (C=O) groups is 1. The molecule has 0 heterocycles. The molecule has 0 aliphatic rings. The third-order valence-corrected chi connectivity index (χ3v) is 2.05. The van der Waals surface area contributed by atoms with Crippen molar-refractivity contribution in [3.05, 3.63) is 32.3 Å². The van der Waals surface area contributed by atoms with Crippen LogP contribution in [-0.2, 0) is 0 Å². The smallest absolute Gasteiger partial charge is 0.283 e. The lowest BCUT2D eigenvalue weighted by Crippen LogP contribution is -1.94. The van der Waals surface area contributed by atoms with Crippen LogP contribution < -0.4 is 0 Å². The molecule has 1 aromatic carbocycles. The number of benzene rings is 1. The van der Waals surface area contributed by atoms with E-state index in [1.807, 2.05) is 0 Å². The Morgan fingerprint density at radius 3 is 2.62 bits per heavy atom. The van der Waals surface area contributed by atoms with Gasteiger partial charge < -0.3 is 5.11 Å². The molecule has 5 nitrogen and oxygen atoms in total. The maximum Gasteiger partial charge on any atom is 0.283 e. The normalized spacial score (nSPS) is 9.62. The van der Waals surface area contributed by atoms with Crippen molar-refractivity contribution in [2.24, 2.45) is 0 Å². The molecule has 0 bridgehead atoms. The van der Waals surface area contributed by atoms with E-state index in [1.54, 1.807) is 0 Å². The number of aldehydes is 1. The molecule has 0 unspecified atom stereocenters. The van der Waals surface area contributed by atoms with Crippen molar-refractivity contribution in [3.8, 4) is 5.75 Å². The molecule has 6 heteroatoms. The van der Waals surface area contributed by atoms with Crippen molar-refractivity contribution >= 4 is 27.9 Å². The predicted octanol–water partition coefficient (Wildman–Crippen LogP) is 1.88. The van der Waals surface area contributed by atoms with Crippen LogP contribution in [0.5, 0.6) is 5.75 Å². The van der Waals surface area contributed by atoms with E-state index in [0.717, 1.165) is 6.07 Å². The number of nitrogens with zero attached hydrogens (tertiary/aromatic N) is 1. The lowest BCUT2D eigenvalue weighted by atomic mass is 10.2. The van der Waals surface area contributed by atoms with Crippen molar-refractivity contribution in [1.29, 1.82) is 0 Å². The third-order valence-electron chi connectivity index (χ3n) is 1.42. The lowest BCUT2D eigenvalue weighted by Gasteiger charge is -1.98. The summed E-state index contributed by atoms with van der Waals surface area (Å²) in [6, 6.07) is 2.12. The van der Waals surface area contributed by atoms with E-state index in [0.29, 0.717) is 6.29 Å². The quantitative estimate of drug-likeness (QED) is 0.490. The van der Waals surface area contributed by atoms with Crippen LogP contribution in [-0.4, -0.2) is 16.3 Å². The summed E-state index contributed by atoms with van der Waals surface area (Å²) >= 11 is 2.94. The zero-order valence-corrected chi connectivity index (χ0v) is 7.82. The monoisotopic (exact) mass is 245 g/mol. The molecule has 0 radical (unpaired) electrons. The fraction of sp³-hybridized carbons (Fsp3) is 0. The van der Waals surface area contributed by atoms with Crippen LogP contribution in [0.1, 0.15) is 10.4 Å². The molecule has 1 aromatic rings. The van der Waals surface area contributed by atoms with E-state index in [1.165, 1.54) is 6.07 Å². The van der Waals surface area contributed by atoms with Crippen molar-refractivity contribution in [2.45, 2.75) is 0 Å². The minimum absolute atomic E-state index is 0.0744. The van der Waals surface area contributed by atoms with Crippen molar-refractivity contribution in [1.82, 2.24) is 0 Å². The number of halogens is 1. The summed E-state index contributed by atoms with van der Waals surface area (Å²) in [6.45, 7) is 0. The second-order valence-electron chi connectivity index (χ2n) is 2.24. The van der Waals surface area contributed by atoms with E-state index in [9.17, 15) is 14.9 Å². The minimum Gasteiger partial charge on any atom is -0.507 e. The van der Waals surface area contributed by atoms with Crippen LogP contribution in [0.2, 0.25) is 0 Å². The molecule has 0 saturated carbocycles. The van der Waals surface area contributed by atoms with Gasteiger partial charge >= 0.3 is 0 Å². The van der Waals surface area contributed by atoms with Crippen LogP contribution >= 0.6 is 15.9 Å². The van der Waals surface area contributed by atoms with Gasteiger partial charge in [-0.2, -0.15) is 0 Å². The van der Waals surface area contributed by atoms with Gasteiger partial charge in [-0.1, -0.05) is 0 Å². The molecule has 0 aromatic heterocycles. The molecule has 13 heavy (non-hydrogen) atoms. The molecule has 68 valence electrons. The molecule has 0 atom stereocenters. The molecule has 1 rings (SSSR count). The average molecular weight is 246 g/mol. The van der Waals surface area contributed by atoms with Gasteiger partial charge in [-0.25, -0.2) is 0 Å². The number of aromatic hydroxyl groups is 1. The van der Waals surface area contributed by atoms with E-state index in [2.05, 4.69) is 15.9 Å². The number of hydrogen-bond acceptors (Lipinski definition) is 4. The van der Waals surface area contributed by atoms with Gasteiger partial charge in [-0.15, -0.1) is 0 Å². The number of carbonyl (C=O) groups excluding carboxylic acids is 1. The summed E-state index contributed by atoms with van der Waals surface area (Å²) in [4.78, 5) is 20.0.